The number of unbranched alkanes of at least 4 members (excludes halogenated alkanes) is 33. The first-order valence-electron chi connectivity index (χ1n) is 27.3. The molecule has 2 atom stereocenters. The first-order valence-corrected chi connectivity index (χ1v) is 27.3. The molecule has 6 heteroatoms. The molecule has 0 amide bonds. The van der Waals surface area contributed by atoms with Crippen molar-refractivity contribution in [2.75, 3.05) is 13.2 Å². The Morgan fingerprint density at radius 1 is 0.344 bits per heavy atom. The van der Waals surface area contributed by atoms with Crippen LogP contribution < -0.4 is 0 Å². The van der Waals surface area contributed by atoms with Gasteiger partial charge >= 0.3 is 17.9 Å². The van der Waals surface area contributed by atoms with Crippen molar-refractivity contribution in [1.29, 1.82) is 0 Å². The third-order valence-electron chi connectivity index (χ3n) is 12.8. The molecule has 0 rings (SSSR count). The summed E-state index contributed by atoms with van der Waals surface area (Å²) in [5, 5.41) is 0. The zero-order valence-electron chi connectivity index (χ0n) is 41.8. The summed E-state index contributed by atoms with van der Waals surface area (Å²) < 4.78 is 16.8. The Hall–Kier alpha value is -1.59. The monoisotopic (exact) mass is 863 g/mol. The van der Waals surface area contributed by atoms with Crippen molar-refractivity contribution in [2.24, 2.45) is 11.8 Å². The third-order valence-corrected chi connectivity index (χ3v) is 12.8. The van der Waals surface area contributed by atoms with Gasteiger partial charge in [-0.05, 0) is 31.1 Å². The Kier molecular flexibility index (Phi) is 46.6. The fourth-order valence-electron chi connectivity index (χ4n) is 8.31. The van der Waals surface area contributed by atoms with E-state index in [2.05, 4.69) is 34.6 Å². The Morgan fingerprint density at radius 2 is 0.623 bits per heavy atom. The standard InChI is InChI=1S/C55H106O6/c1-6-8-9-10-11-12-13-14-18-21-24-30-35-40-45-53(56)59-48-52(49-60-54(57)46-41-36-31-27-26-29-34-39-44-51(5)7-2)61-55(58)47-42-37-32-25-22-19-16-15-17-20-23-28-33-38-43-50(3)4/h50-52H,6-49H2,1-5H3/t51?,52-/m1/s1. The van der Waals surface area contributed by atoms with Gasteiger partial charge in [-0.25, -0.2) is 0 Å². The Morgan fingerprint density at radius 3 is 0.934 bits per heavy atom. The van der Waals surface area contributed by atoms with E-state index in [9.17, 15) is 14.4 Å². The van der Waals surface area contributed by atoms with Crippen LogP contribution in [-0.2, 0) is 28.6 Å². The molecule has 6 nitrogen and oxygen atoms in total. The molecular weight excluding hydrogens is 757 g/mol. The van der Waals surface area contributed by atoms with Crippen LogP contribution in [0.2, 0.25) is 0 Å². The minimum Gasteiger partial charge on any atom is -0.462 e. The highest BCUT2D eigenvalue weighted by Gasteiger charge is 2.19. The van der Waals surface area contributed by atoms with E-state index < -0.39 is 6.10 Å². The van der Waals surface area contributed by atoms with Crippen molar-refractivity contribution in [2.45, 2.75) is 310 Å². The number of carbonyl (C=O) groups excluding carboxylic acids is 3. The molecule has 0 aromatic carbocycles. The van der Waals surface area contributed by atoms with Crippen molar-refractivity contribution < 1.29 is 28.6 Å². The minimum absolute atomic E-state index is 0.0634. The number of ether oxygens (including phenoxy) is 3. The fourth-order valence-corrected chi connectivity index (χ4v) is 8.31. The molecule has 0 bridgehead atoms. The van der Waals surface area contributed by atoms with Crippen LogP contribution in [0.1, 0.15) is 304 Å². The maximum atomic E-state index is 12.8. The van der Waals surface area contributed by atoms with E-state index in [0.717, 1.165) is 69.6 Å². The zero-order chi connectivity index (χ0) is 44.7. The Labute approximate surface area is 380 Å². The van der Waals surface area contributed by atoms with E-state index in [1.54, 1.807) is 0 Å². The lowest BCUT2D eigenvalue weighted by molar-refractivity contribution is -0.167. The number of rotatable bonds is 49. The summed E-state index contributed by atoms with van der Waals surface area (Å²) in [6.07, 6.45) is 49.4. The molecule has 1 unspecified atom stereocenters. The normalized spacial score (nSPS) is 12.5. The van der Waals surface area contributed by atoms with Crippen molar-refractivity contribution in [3.05, 3.63) is 0 Å². The summed E-state index contributed by atoms with van der Waals surface area (Å²) in [5.74, 6) is 0.846. The molecule has 0 aliphatic rings. The van der Waals surface area contributed by atoms with Gasteiger partial charge in [0.05, 0.1) is 0 Å². The van der Waals surface area contributed by atoms with Gasteiger partial charge in [0, 0.05) is 19.3 Å². The largest absolute Gasteiger partial charge is 0.462 e. The summed E-state index contributed by atoms with van der Waals surface area (Å²) in [7, 11) is 0. The van der Waals surface area contributed by atoms with E-state index in [0.29, 0.717) is 19.3 Å². The highest BCUT2D eigenvalue weighted by Crippen LogP contribution is 2.18. The highest BCUT2D eigenvalue weighted by molar-refractivity contribution is 5.71. The summed E-state index contributed by atoms with van der Waals surface area (Å²) in [5.41, 5.74) is 0. The maximum absolute atomic E-state index is 12.8. The van der Waals surface area contributed by atoms with Crippen molar-refractivity contribution in [1.82, 2.24) is 0 Å². The summed E-state index contributed by atoms with van der Waals surface area (Å²) >= 11 is 0. The zero-order valence-corrected chi connectivity index (χ0v) is 41.8. The number of carbonyl (C=O) groups is 3. The van der Waals surface area contributed by atoms with Crippen LogP contribution in [0.3, 0.4) is 0 Å². The average Bonchev–Trinajstić information content (AvgIpc) is 3.24. The van der Waals surface area contributed by atoms with Gasteiger partial charge in [0.1, 0.15) is 13.2 Å². The first-order chi connectivity index (χ1) is 29.8. The first kappa shape index (κ1) is 59.4. The SMILES string of the molecule is CCCCCCCCCCCCCCCCC(=O)OC[C@H](COC(=O)CCCCCCCCCCC(C)CC)OC(=O)CCCCCCCCCCCCCCCCC(C)C. The van der Waals surface area contributed by atoms with Crippen molar-refractivity contribution >= 4 is 17.9 Å². The molecule has 0 aliphatic heterocycles. The number of hydrogen-bond donors (Lipinski definition) is 0. The van der Waals surface area contributed by atoms with Gasteiger partial charge in [-0.2, -0.15) is 0 Å². The molecule has 0 fully saturated rings. The second-order valence-corrected chi connectivity index (χ2v) is 19.6. The van der Waals surface area contributed by atoms with E-state index in [4.69, 9.17) is 14.2 Å². The van der Waals surface area contributed by atoms with E-state index in [1.807, 2.05) is 0 Å². The predicted molar refractivity (Wildman–Crippen MR) is 261 cm³/mol. The average molecular weight is 863 g/mol. The van der Waals surface area contributed by atoms with Crippen LogP contribution in [0, 0.1) is 11.8 Å². The number of esters is 3. The van der Waals surface area contributed by atoms with Crippen LogP contribution >= 0.6 is 0 Å². The van der Waals surface area contributed by atoms with Crippen molar-refractivity contribution in [3.63, 3.8) is 0 Å². The molecule has 0 N–H and O–H groups in total. The quantitative estimate of drug-likeness (QED) is 0.0344. The Balaban J connectivity index is 4.31. The second kappa shape index (κ2) is 47.9. The smallest absolute Gasteiger partial charge is 0.306 e. The van der Waals surface area contributed by atoms with Gasteiger partial charge in [-0.1, -0.05) is 266 Å². The van der Waals surface area contributed by atoms with Crippen LogP contribution in [-0.4, -0.2) is 37.2 Å². The molecule has 0 heterocycles. The molecule has 0 aliphatic carbocycles. The van der Waals surface area contributed by atoms with Gasteiger partial charge < -0.3 is 14.2 Å². The molecule has 0 saturated heterocycles. The van der Waals surface area contributed by atoms with Gasteiger partial charge in [-0.15, -0.1) is 0 Å². The summed E-state index contributed by atoms with van der Waals surface area (Å²) in [6, 6.07) is 0. The molecular formula is C55H106O6. The summed E-state index contributed by atoms with van der Waals surface area (Å²) in [4.78, 5) is 38.0. The molecule has 0 saturated carbocycles. The van der Waals surface area contributed by atoms with Gasteiger partial charge in [0.2, 0.25) is 0 Å². The molecule has 61 heavy (non-hydrogen) atoms. The van der Waals surface area contributed by atoms with E-state index in [1.165, 1.54) is 193 Å². The lowest BCUT2D eigenvalue weighted by Gasteiger charge is -2.18. The number of hydrogen-bond acceptors (Lipinski definition) is 6. The van der Waals surface area contributed by atoms with Crippen LogP contribution in [0.15, 0.2) is 0 Å². The minimum atomic E-state index is -0.762. The molecule has 0 aromatic rings. The Bertz CT molecular complexity index is 933. The van der Waals surface area contributed by atoms with Gasteiger partial charge in [0.15, 0.2) is 6.10 Å². The van der Waals surface area contributed by atoms with Crippen LogP contribution in [0.4, 0.5) is 0 Å². The molecule has 0 radical (unpaired) electrons. The lowest BCUT2D eigenvalue weighted by Crippen LogP contribution is -2.30. The second-order valence-electron chi connectivity index (χ2n) is 19.6. The van der Waals surface area contributed by atoms with E-state index in [-0.39, 0.29) is 31.1 Å². The molecule has 0 aromatic heterocycles. The lowest BCUT2D eigenvalue weighted by atomic mass is 9.99. The van der Waals surface area contributed by atoms with E-state index >= 15 is 0 Å². The fraction of sp³-hybridized carbons (Fsp3) is 0.945. The van der Waals surface area contributed by atoms with Crippen LogP contribution in [0.5, 0.6) is 0 Å². The van der Waals surface area contributed by atoms with Gasteiger partial charge in [-0.3, -0.25) is 14.4 Å². The third kappa shape index (κ3) is 47.7. The maximum Gasteiger partial charge on any atom is 0.306 e. The van der Waals surface area contributed by atoms with Crippen LogP contribution in [0.25, 0.3) is 0 Å². The predicted octanol–water partition coefficient (Wildman–Crippen LogP) is 17.7. The molecule has 0 spiro atoms. The highest BCUT2D eigenvalue weighted by atomic mass is 16.6. The molecule has 362 valence electrons. The topological polar surface area (TPSA) is 78.9 Å². The van der Waals surface area contributed by atoms with Gasteiger partial charge in [0.25, 0.3) is 0 Å². The van der Waals surface area contributed by atoms with Crippen molar-refractivity contribution in [3.8, 4) is 0 Å². The summed E-state index contributed by atoms with van der Waals surface area (Å²) in [6.45, 7) is 11.4.